The minimum absolute atomic E-state index is 0.373. The fourth-order valence-electron chi connectivity index (χ4n) is 2.04. The Balaban J connectivity index is 1.98. The minimum Gasteiger partial charge on any atom is -0.497 e. The molecule has 23 heavy (non-hydrogen) atoms. The molecule has 6 heteroatoms. The van der Waals surface area contributed by atoms with Crippen LogP contribution in [0.4, 0.5) is 0 Å². The van der Waals surface area contributed by atoms with Gasteiger partial charge in [-0.3, -0.25) is 20.4 Å². The van der Waals surface area contributed by atoms with E-state index >= 15 is 0 Å². The molecule has 0 aliphatic rings. The van der Waals surface area contributed by atoms with Gasteiger partial charge in [-0.15, -0.1) is 0 Å². The van der Waals surface area contributed by atoms with Crippen LogP contribution in [0, 0.1) is 0 Å². The normalized spacial score (nSPS) is 11.4. The first-order valence-corrected chi connectivity index (χ1v) is 6.97. The lowest BCUT2D eigenvalue weighted by atomic mass is 10.1. The molecule has 6 nitrogen and oxygen atoms in total. The van der Waals surface area contributed by atoms with E-state index in [2.05, 4.69) is 10.9 Å². The SMILES string of the molecule is COc1cccc(C(=O)NNC(=O)[C@@H](OC)c2ccccc2)c1. The highest BCUT2D eigenvalue weighted by Crippen LogP contribution is 2.16. The van der Waals surface area contributed by atoms with E-state index in [1.54, 1.807) is 36.4 Å². The Kier molecular flexibility index (Phi) is 5.71. The number of methoxy groups -OCH3 is 2. The average Bonchev–Trinajstić information content (AvgIpc) is 2.61. The molecular formula is C17H18N2O4. The molecule has 120 valence electrons. The fourth-order valence-corrected chi connectivity index (χ4v) is 2.04. The molecule has 2 rings (SSSR count). The van der Waals surface area contributed by atoms with Crippen LogP contribution in [0.15, 0.2) is 54.6 Å². The molecule has 2 aromatic rings. The van der Waals surface area contributed by atoms with E-state index < -0.39 is 17.9 Å². The number of ether oxygens (including phenoxy) is 2. The maximum absolute atomic E-state index is 12.2. The van der Waals surface area contributed by atoms with Crippen molar-refractivity contribution < 1.29 is 19.1 Å². The Hall–Kier alpha value is -2.86. The number of nitrogens with one attached hydrogen (secondary N) is 2. The summed E-state index contributed by atoms with van der Waals surface area (Å²) < 4.78 is 10.2. The van der Waals surface area contributed by atoms with E-state index in [-0.39, 0.29) is 0 Å². The van der Waals surface area contributed by atoms with Crippen molar-refractivity contribution in [3.05, 3.63) is 65.7 Å². The van der Waals surface area contributed by atoms with E-state index in [1.165, 1.54) is 14.2 Å². The van der Waals surface area contributed by atoms with E-state index in [1.807, 2.05) is 18.2 Å². The van der Waals surface area contributed by atoms with Gasteiger partial charge in [-0.05, 0) is 23.8 Å². The largest absolute Gasteiger partial charge is 0.497 e. The van der Waals surface area contributed by atoms with Crippen LogP contribution < -0.4 is 15.6 Å². The van der Waals surface area contributed by atoms with E-state index in [4.69, 9.17) is 9.47 Å². The Morgan fingerprint density at radius 2 is 1.70 bits per heavy atom. The Morgan fingerprint density at radius 1 is 0.957 bits per heavy atom. The maximum atomic E-state index is 12.2. The predicted molar refractivity (Wildman–Crippen MR) is 84.8 cm³/mol. The van der Waals surface area contributed by atoms with E-state index in [0.29, 0.717) is 16.9 Å². The first-order valence-electron chi connectivity index (χ1n) is 6.97. The fraction of sp³-hybridized carbons (Fsp3) is 0.176. The molecule has 0 bridgehead atoms. The van der Waals surface area contributed by atoms with Gasteiger partial charge in [0.05, 0.1) is 7.11 Å². The molecule has 2 N–H and O–H groups in total. The highest BCUT2D eigenvalue weighted by molar-refractivity contribution is 5.96. The predicted octanol–water partition coefficient (Wildman–Crippen LogP) is 1.84. The number of hydrazine groups is 1. The zero-order chi connectivity index (χ0) is 16.7. The molecule has 0 heterocycles. The summed E-state index contributed by atoms with van der Waals surface area (Å²) in [5.74, 6) is -0.349. The first kappa shape index (κ1) is 16.5. The van der Waals surface area contributed by atoms with Crippen LogP contribution in [-0.4, -0.2) is 26.0 Å². The van der Waals surface area contributed by atoms with Crippen LogP contribution >= 0.6 is 0 Å². The standard InChI is InChI=1S/C17H18N2O4/c1-22-14-10-6-9-13(11-14)16(20)18-19-17(21)15(23-2)12-7-4-3-5-8-12/h3-11,15H,1-2H3,(H,18,20)(H,19,21)/t15-/m0/s1. The summed E-state index contributed by atoms with van der Waals surface area (Å²) in [6.07, 6.45) is -0.804. The van der Waals surface area contributed by atoms with Crippen LogP contribution in [0.1, 0.15) is 22.0 Å². The second kappa shape index (κ2) is 7.95. The lowest BCUT2D eigenvalue weighted by Gasteiger charge is -2.16. The van der Waals surface area contributed by atoms with Gasteiger partial charge < -0.3 is 9.47 Å². The van der Waals surface area contributed by atoms with Crippen LogP contribution in [-0.2, 0) is 9.53 Å². The molecule has 2 amide bonds. The van der Waals surface area contributed by atoms with Crippen molar-refractivity contribution in [1.29, 1.82) is 0 Å². The maximum Gasteiger partial charge on any atom is 0.272 e. The number of carbonyl (C=O) groups excluding carboxylic acids is 2. The van der Waals surface area contributed by atoms with Gasteiger partial charge in [0, 0.05) is 12.7 Å². The van der Waals surface area contributed by atoms with Gasteiger partial charge in [0.2, 0.25) is 0 Å². The van der Waals surface area contributed by atoms with Crippen LogP contribution in [0.2, 0.25) is 0 Å². The highest BCUT2D eigenvalue weighted by Gasteiger charge is 2.20. The van der Waals surface area contributed by atoms with Crippen molar-refractivity contribution in [2.75, 3.05) is 14.2 Å². The van der Waals surface area contributed by atoms with Crippen molar-refractivity contribution in [1.82, 2.24) is 10.9 Å². The number of amides is 2. The van der Waals surface area contributed by atoms with Gasteiger partial charge in [0.25, 0.3) is 11.8 Å². The molecule has 0 aliphatic carbocycles. The van der Waals surface area contributed by atoms with Gasteiger partial charge in [-0.2, -0.15) is 0 Å². The minimum atomic E-state index is -0.804. The molecule has 0 radical (unpaired) electrons. The molecule has 0 saturated heterocycles. The van der Waals surface area contributed by atoms with Gasteiger partial charge in [-0.1, -0.05) is 36.4 Å². The molecule has 0 fully saturated rings. The molecule has 2 aromatic carbocycles. The number of carbonyl (C=O) groups is 2. The molecule has 0 saturated carbocycles. The van der Waals surface area contributed by atoms with Crippen molar-refractivity contribution in [3.63, 3.8) is 0 Å². The van der Waals surface area contributed by atoms with Crippen LogP contribution in [0.25, 0.3) is 0 Å². The summed E-state index contributed by atoms with van der Waals surface area (Å²) in [5.41, 5.74) is 5.79. The zero-order valence-electron chi connectivity index (χ0n) is 12.9. The molecule has 0 unspecified atom stereocenters. The third-order valence-corrected chi connectivity index (χ3v) is 3.21. The summed E-state index contributed by atoms with van der Waals surface area (Å²) in [5, 5.41) is 0. The van der Waals surface area contributed by atoms with Gasteiger partial charge >= 0.3 is 0 Å². The molecule has 0 spiro atoms. The Labute approximate surface area is 134 Å². The lowest BCUT2D eigenvalue weighted by Crippen LogP contribution is -2.44. The summed E-state index contributed by atoms with van der Waals surface area (Å²) in [6, 6.07) is 15.6. The van der Waals surface area contributed by atoms with Crippen molar-refractivity contribution in [2.24, 2.45) is 0 Å². The molecule has 1 atom stereocenters. The average molecular weight is 314 g/mol. The first-order chi connectivity index (χ1) is 11.2. The van der Waals surface area contributed by atoms with E-state index in [0.717, 1.165) is 0 Å². The number of benzene rings is 2. The number of hydrogen-bond acceptors (Lipinski definition) is 4. The highest BCUT2D eigenvalue weighted by atomic mass is 16.5. The second-order valence-corrected chi connectivity index (χ2v) is 4.70. The summed E-state index contributed by atoms with van der Waals surface area (Å²) in [6.45, 7) is 0. The van der Waals surface area contributed by atoms with Crippen LogP contribution in [0.5, 0.6) is 5.75 Å². The quantitative estimate of drug-likeness (QED) is 0.826. The molecule has 0 aliphatic heterocycles. The molecule has 0 aromatic heterocycles. The lowest BCUT2D eigenvalue weighted by molar-refractivity contribution is -0.132. The Bertz CT molecular complexity index is 673. The van der Waals surface area contributed by atoms with Crippen molar-refractivity contribution in [2.45, 2.75) is 6.10 Å². The topological polar surface area (TPSA) is 76.7 Å². The summed E-state index contributed by atoms with van der Waals surface area (Å²) >= 11 is 0. The number of rotatable bonds is 5. The Morgan fingerprint density at radius 3 is 2.35 bits per heavy atom. The second-order valence-electron chi connectivity index (χ2n) is 4.70. The van der Waals surface area contributed by atoms with Gasteiger partial charge in [0.1, 0.15) is 5.75 Å². The van der Waals surface area contributed by atoms with Crippen molar-refractivity contribution in [3.8, 4) is 5.75 Å². The monoisotopic (exact) mass is 314 g/mol. The summed E-state index contributed by atoms with van der Waals surface area (Å²) in [7, 11) is 2.95. The third-order valence-electron chi connectivity index (χ3n) is 3.21. The zero-order valence-corrected chi connectivity index (χ0v) is 12.9. The van der Waals surface area contributed by atoms with Gasteiger partial charge in [-0.25, -0.2) is 0 Å². The third kappa shape index (κ3) is 4.31. The molecular weight excluding hydrogens is 296 g/mol. The van der Waals surface area contributed by atoms with Crippen molar-refractivity contribution >= 4 is 11.8 Å². The summed E-state index contributed by atoms with van der Waals surface area (Å²) in [4.78, 5) is 24.2. The number of hydrogen-bond donors (Lipinski definition) is 2. The van der Waals surface area contributed by atoms with Gasteiger partial charge in [0.15, 0.2) is 6.10 Å². The smallest absolute Gasteiger partial charge is 0.272 e. The van der Waals surface area contributed by atoms with Crippen LogP contribution in [0.3, 0.4) is 0 Å². The van der Waals surface area contributed by atoms with E-state index in [9.17, 15) is 9.59 Å².